The van der Waals surface area contributed by atoms with Gasteiger partial charge in [0.1, 0.15) is 11.5 Å². The number of benzene rings is 1. The van der Waals surface area contributed by atoms with E-state index in [-0.39, 0.29) is 5.91 Å². The number of carbonyl (C=O) groups excluding carboxylic acids is 1. The van der Waals surface area contributed by atoms with E-state index in [0.29, 0.717) is 23.6 Å². The van der Waals surface area contributed by atoms with Crippen LogP contribution in [0.15, 0.2) is 30.5 Å². The largest absolute Gasteiger partial charge is 0.497 e. The molecule has 22 heavy (non-hydrogen) atoms. The molecule has 1 amide bonds. The number of amides is 1. The Morgan fingerprint density at radius 2 is 2.09 bits per heavy atom. The van der Waals surface area contributed by atoms with Gasteiger partial charge in [-0.1, -0.05) is 0 Å². The highest BCUT2D eigenvalue weighted by molar-refractivity contribution is 5.97. The lowest BCUT2D eigenvalue weighted by molar-refractivity contribution is 0.0949. The van der Waals surface area contributed by atoms with Crippen LogP contribution in [0.2, 0.25) is 0 Å². The van der Waals surface area contributed by atoms with Crippen LogP contribution in [0.1, 0.15) is 22.5 Å². The predicted molar refractivity (Wildman–Crippen MR) is 83.5 cm³/mol. The van der Waals surface area contributed by atoms with E-state index in [9.17, 15) is 4.79 Å². The average Bonchev–Trinajstić information content (AvgIpc) is 2.96. The maximum Gasteiger partial charge on any atom is 0.255 e. The van der Waals surface area contributed by atoms with Gasteiger partial charge in [-0.15, -0.1) is 0 Å². The van der Waals surface area contributed by atoms with Gasteiger partial charge in [0.15, 0.2) is 0 Å². The molecule has 2 rings (SSSR count). The molecular formula is C16H21N3O3. The number of hydrogen-bond donors (Lipinski definition) is 1. The number of nitrogens with one attached hydrogen (secondary N) is 1. The molecule has 0 atom stereocenters. The fraction of sp³-hybridized carbons (Fsp3) is 0.375. The first kappa shape index (κ1) is 15.9. The molecule has 0 radical (unpaired) electrons. The molecule has 1 aromatic carbocycles. The zero-order chi connectivity index (χ0) is 15.9. The summed E-state index contributed by atoms with van der Waals surface area (Å²) in [4.78, 5) is 12.2. The van der Waals surface area contributed by atoms with Crippen LogP contribution in [0.3, 0.4) is 0 Å². The fourth-order valence-electron chi connectivity index (χ4n) is 2.11. The number of ether oxygens (including phenoxy) is 2. The van der Waals surface area contributed by atoms with Crippen LogP contribution in [0, 0.1) is 6.92 Å². The number of rotatable bonds is 7. The second kappa shape index (κ2) is 7.49. The highest BCUT2D eigenvalue weighted by Crippen LogP contribution is 2.24. The van der Waals surface area contributed by atoms with Gasteiger partial charge in [-0.3, -0.25) is 9.48 Å². The van der Waals surface area contributed by atoms with E-state index in [4.69, 9.17) is 9.47 Å². The van der Waals surface area contributed by atoms with Crippen molar-refractivity contribution in [2.45, 2.75) is 19.9 Å². The number of aryl methyl sites for hydroxylation is 2. The Kier molecular flexibility index (Phi) is 5.41. The monoisotopic (exact) mass is 303 g/mol. The number of carbonyl (C=O) groups is 1. The Morgan fingerprint density at radius 3 is 2.73 bits per heavy atom. The van der Waals surface area contributed by atoms with Crippen molar-refractivity contribution in [1.82, 2.24) is 15.1 Å². The zero-order valence-corrected chi connectivity index (χ0v) is 13.1. The standard InChI is InChI=1S/C16H21N3O3/c1-12-7-10-19(18-12)9-4-8-17-16(20)14-6-5-13(21-2)11-15(14)22-3/h5-7,10-11H,4,8-9H2,1-3H3,(H,17,20). The summed E-state index contributed by atoms with van der Waals surface area (Å²) in [6.07, 6.45) is 2.75. The van der Waals surface area contributed by atoms with E-state index in [2.05, 4.69) is 10.4 Å². The van der Waals surface area contributed by atoms with Gasteiger partial charge < -0.3 is 14.8 Å². The van der Waals surface area contributed by atoms with Gasteiger partial charge >= 0.3 is 0 Å². The Balaban J connectivity index is 1.86. The van der Waals surface area contributed by atoms with Gasteiger partial charge in [-0.25, -0.2) is 0 Å². The topological polar surface area (TPSA) is 65.4 Å². The molecule has 0 aliphatic heterocycles. The summed E-state index contributed by atoms with van der Waals surface area (Å²) < 4.78 is 12.2. The molecule has 0 fully saturated rings. The van der Waals surface area contributed by atoms with Crippen LogP contribution < -0.4 is 14.8 Å². The summed E-state index contributed by atoms with van der Waals surface area (Å²) in [6, 6.07) is 7.09. The summed E-state index contributed by atoms with van der Waals surface area (Å²) in [5, 5.41) is 7.19. The number of aromatic nitrogens is 2. The van der Waals surface area contributed by atoms with Crippen LogP contribution in [0.5, 0.6) is 11.5 Å². The van der Waals surface area contributed by atoms with Crippen LogP contribution >= 0.6 is 0 Å². The lowest BCUT2D eigenvalue weighted by atomic mass is 10.1. The molecule has 0 aliphatic rings. The molecule has 2 aromatic rings. The molecule has 1 heterocycles. The zero-order valence-electron chi connectivity index (χ0n) is 13.1. The van der Waals surface area contributed by atoms with E-state index in [1.54, 1.807) is 25.3 Å². The van der Waals surface area contributed by atoms with Crippen molar-refractivity contribution in [2.24, 2.45) is 0 Å². The Labute approximate surface area is 130 Å². The second-order valence-corrected chi connectivity index (χ2v) is 4.90. The van der Waals surface area contributed by atoms with Gasteiger partial charge in [0, 0.05) is 25.4 Å². The maximum absolute atomic E-state index is 12.2. The van der Waals surface area contributed by atoms with Gasteiger partial charge in [0.2, 0.25) is 0 Å². The average molecular weight is 303 g/mol. The van der Waals surface area contributed by atoms with Crippen LogP contribution in [-0.4, -0.2) is 36.5 Å². The van der Waals surface area contributed by atoms with Gasteiger partial charge in [-0.05, 0) is 31.5 Å². The molecule has 118 valence electrons. The highest BCUT2D eigenvalue weighted by atomic mass is 16.5. The third-order valence-corrected chi connectivity index (χ3v) is 3.28. The van der Waals surface area contributed by atoms with Crippen molar-refractivity contribution < 1.29 is 14.3 Å². The molecule has 0 unspecified atom stereocenters. The van der Waals surface area contributed by atoms with E-state index >= 15 is 0 Å². The van der Waals surface area contributed by atoms with E-state index in [1.807, 2.05) is 23.9 Å². The van der Waals surface area contributed by atoms with E-state index < -0.39 is 0 Å². The number of hydrogen-bond acceptors (Lipinski definition) is 4. The van der Waals surface area contributed by atoms with Crippen molar-refractivity contribution >= 4 is 5.91 Å². The third kappa shape index (κ3) is 4.00. The minimum Gasteiger partial charge on any atom is -0.497 e. The van der Waals surface area contributed by atoms with Crippen molar-refractivity contribution in [3.05, 3.63) is 41.7 Å². The molecule has 1 N–H and O–H groups in total. The van der Waals surface area contributed by atoms with Crippen LogP contribution in [-0.2, 0) is 6.54 Å². The molecule has 1 aromatic heterocycles. The minimum absolute atomic E-state index is 0.156. The summed E-state index contributed by atoms with van der Waals surface area (Å²) in [5.41, 5.74) is 1.49. The van der Waals surface area contributed by atoms with Crippen LogP contribution in [0.4, 0.5) is 0 Å². The molecule has 0 saturated carbocycles. The lowest BCUT2D eigenvalue weighted by Gasteiger charge is -2.10. The molecule has 0 saturated heterocycles. The van der Waals surface area contributed by atoms with Gasteiger partial charge in [0.25, 0.3) is 5.91 Å². The first-order valence-corrected chi connectivity index (χ1v) is 7.14. The molecule has 0 spiro atoms. The minimum atomic E-state index is -0.156. The quantitative estimate of drug-likeness (QED) is 0.795. The SMILES string of the molecule is COc1ccc(C(=O)NCCCn2ccc(C)n2)c(OC)c1. The van der Waals surface area contributed by atoms with Crippen molar-refractivity contribution in [3.8, 4) is 11.5 Å². The summed E-state index contributed by atoms with van der Waals surface area (Å²) >= 11 is 0. The Bertz CT molecular complexity index is 637. The van der Waals surface area contributed by atoms with Crippen LogP contribution in [0.25, 0.3) is 0 Å². The Hall–Kier alpha value is -2.50. The number of methoxy groups -OCH3 is 2. The van der Waals surface area contributed by atoms with Crippen molar-refractivity contribution in [2.75, 3.05) is 20.8 Å². The Morgan fingerprint density at radius 1 is 1.27 bits per heavy atom. The lowest BCUT2D eigenvalue weighted by Crippen LogP contribution is -2.25. The predicted octanol–water partition coefficient (Wildman–Crippen LogP) is 2.03. The summed E-state index contributed by atoms with van der Waals surface area (Å²) in [7, 11) is 3.11. The fourth-order valence-corrected chi connectivity index (χ4v) is 2.11. The van der Waals surface area contributed by atoms with E-state index in [1.165, 1.54) is 7.11 Å². The second-order valence-electron chi connectivity index (χ2n) is 4.90. The number of nitrogens with zero attached hydrogens (tertiary/aromatic N) is 2. The maximum atomic E-state index is 12.2. The summed E-state index contributed by atoms with van der Waals surface area (Å²) in [5.74, 6) is 0.998. The molecule has 6 heteroatoms. The van der Waals surface area contributed by atoms with E-state index in [0.717, 1.165) is 18.7 Å². The summed E-state index contributed by atoms with van der Waals surface area (Å²) in [6.45, 7) is 3.30. The first-order valence-electron chi connectivity index (χ1n) is 7.14. The third-order valence-electron chi connectivity index (χ3n) is 3.28. The normalized spacial score (nSPS) is 10.3. The highest BCUT2D eigenvalue weighted by Gasteiger charge is 2.12. The molecule has 0 aliphatic carbocycles. The van der Waals surface area contributed by atoms with Crippen molar-refractivity contribution in [3.63, 3.8) is 0 Å². The smallest absolute Gasteiger partial charge is 0.255 e. The molecule has 0 bridgehead atoms. The molecular weight excluding hydrogens is 282 g/mol. The van der Waals surface area contributed by atoms with Gasteiger partial charge in [-0.2, -0.15) is 5.10 Å². The van der Waals surface area contributed by atoms with Crippen molar-refractivity contribution in [1.29, 1.82) is 0 Å². The van der Waals surface area contributed by atoms with Gasteiger partial charge in [0.05, 0.1) is 25.5 Å². The molecule has 6 nitrogen and oxygen atoms in total. The first-order chi connectivity index (χ1) is 10.6.